The molecule has 0 aliphatic carbocycles. The van der Waals surface area contributed by atoms with E-state index < -0.39 is 347 Å². The van der Waals surface area contributed by atoms with E-state index in [-0.39, 0.29) is 12.2 Å². The Kier molecular flexibility index (Phi) is 30.2. The first-order valence-corrected chi connectivity index (χ1v) is 33.6. The van der Waals surface area contributed by atoms with Gasteiger partial charge in [0, 0.05) is 6.42 Å². The second kappa shape index (κ2) is 36.4. The van der Waals surface area contributed by atoms with E-state index in [1.807, 2.05) is 0 Å². The lowest BCUT2D eigenvalue weighted by atomic mass is 9.92. The number of rotatable bonds is 17. The van der Waals surface area contributed by atoms with Crippen molar-refractivity contribution in [2.45, 2.75) is 288 Å². The maximum atomic E-state index is 14.7. The van der Waals surface area contributed by atoms with E-state index in [0.717, 1.165) is 0 Å². The summed E-state index contributed by atoms with van der Waals surface area (Å²) in [5.41, 5.74) is 0. The van der Waals surface area contributed by atoms with Gasteiger partial charge in [0.15, 0.2) is 50.3 Å². The Bertz CT molecular complexity index is 2940. The SMILES string of the molecule is OC[C@H]1O[C@@H]2O[C@H]3[C@H](O)[C@@H](O)[C@@H](O[C@H]4[C@H](O)[C@@H](O)[C@@H](O[C@H]5[C@H](O)[C@@H](O)[C@@H](O[C@H]6[C@H](O)[C@@H](O)[C@@H](O[C@H]7[C@H](O)[C@@H](O)[C@@H](O[C@H]8[C@H](O)[C@@H](O)[C@@H](O[C@H]9[C@H](O)[C@@H](O)[C@@H](O[C@H]1[C@H](O)[C@H]2O)O[C@@H]9CO)O[C@@H]8CO)O[C@@H]7CO)O[C@@H]6COC/C=C/CC(F)(F)C(F)(F)C(F)(F)C(F)(F)C(F)(F)C(F)(F)F)O[C@@H]5CO)O[C@@H]4CO)O[C@@H]3CO. The highest BCUT2D eigenvalue weighted by atomic mass is 19.4. The van der Waals surface area contributed by atoms with Crippen molar-refractivity contribution in [1.82, 2.24) is 0 Å². The van der Waals surface area contributed by atoms with E-state index >= 15 is 0 Å². The van der Waals surface area contributed by atoms with Crippen molar-refractivity contribution >= 4 is 0 Å². The fourth-order valence-corrected chi connectivity index (χ4v) is 13.4. The zero-order valence-electron chi connectivity index (χ0n) is 56.5. The van der Waals surface area contributed by atoms with Crippen molar-refractivity contribution in [3.05, 3.63) is 12.2 Å². The topological polar surface area (TPSA) is 622 Å². The summed E-state index contributed by atoms with van der Waals surface area (Å²) in [7, 11) is 0. The van der Waals surface area contributed by atoms with Gasteiger partial charge in [-0.2, -0.15) is 57.1 Å². The molecule has 53 heteroatoms. The van der Waals surface area contributed by atoms with Gasteiger partial charge in [-0.25, -0.2) is 0 Å². The number of hydrogen-bond acceptors (Lipinski definition) is 40. The van der Waals surface area contributed by atoms with Crippen molar-refractivity contribution in [3.8, 4) is 0 Å². The van der Waals surface area contributed by atoms with Gasteiger partial charge < -0.3 is 198 Å². The molecule has 30 aliphatic heterocycles. The molecule has 0 amide bonds. The summed E-state index contributed by atoms with van der Waals surface area (Å²) in [4.78, 5) is 0. The highest BCUT2D eigenvalue weighted by Gasteiger charge is 2.90. The van der Waals surface area contributed by atoms with Gasteiger partial charge in [0.05, 0.1) is 59.5 Å². The Morgan fingerprint density at radius 3 is 0.595 bits per heavy atom. The maximum absolute atomic E-state index is 14.7. The number of aliphatic hydroxyl groups is 23. The second-order valence-corrected chi connectivity index (χ2v) is 27.0. The van der Waals surface area contributed by atoms with Crippen molar-refractivity contribution in [2.75, 3.05) is 59.5 Å². The fraction of sp³-hybridized carbons (Fsp3) is 0.966. The summed E-state index contributed by atoms with van der Waals surface area (Å²) in [5, 5.41) is 257. The van der Waals surface area contributed by atoms with E-state index in [2.05, 4.69) is 0 Å². The molecule has 0 aromatic carbocycles. The van der Waals surface area contributed by atoms with E-state index in [1.54, 1.807) is 0 Å². The van der Waals surface area contributed by atoms with E-state index in [1.165, 1.54) is 0 Å². The Hall–Kier alpha value is -2.77. The first-order valence-electron chi connectivity index (χ1n) is 33.6. The molecule has 40 nitrogen and oxygen atoms in total. The van der Waals surface area contributed by atoms with Crippen LogP contribution >= 0.6 is 0 Å². The summed E-state index contributed by atoms with van der Waals surface area (Å²) in [6.45, 7) is -11.3. The van der Waals surface area contributed by atoms with Crippen LogP contribution in [0.2, 0.25) is 0 Å². The summed E-state index contributed by atoms with van der Waals surface area (Å²) in [5.74, 6) is -38.7. The number of ether oxygens (including phenoxy) is 17. The van der Waals surface area contributed by atoms with Crippen LogP contribution in [0, 0.1) is 0 Å². The van der Waals surface area contributed by atoms with E-state index in [0.29, 0.717) is 0 Å². The maximum Gasteiger partial charge on any atom is 0.460 e. The van der Waals surface area contributed by atoms with Gasteiger partial charge in [-0.3, -0.25) is 0 Å². The Morgan fingerprint density at radius 2 is 0.405 bits per heavy atom. The third-order valence-electron chi connectivity index (χ3n) is 19.8. The lowest BCUT2D eigenvalue weighted by Crippen LogP contribution is -2.70. The molecule has 30 saturated heterocycles. The molecule has 648 valence electrons. The van der Waals surface area contributed by atoms with Gasteiger partial charge in [0.25, 0.3) is 0 Å². The zero-order valence-corrected chi connectivity index (χ0v) is 56.5. The molecule has 40 atom stereocenters. The summed E-state index contributed by atoms with van der Waals surface area (Å²) < 4.78 is 275. The van der Waals surface area contributed by atoms with Gasteiger partial charge >= 0.3 is 35.8 Å². The fourth-order valence-electron chi connectivity index (χ4n) is 13.4. The molecule has 30 aliphatic rings. The van der Waals surface area contributed by atoms with Crippen LogP contribution in [0.3, 0.4) is 0 Å². The zero-order chi connectivity index (χ0) is 82.6. The molecule has 30 heterocycles. The molecule has 0 aromatic heterocycles. The minimum absolute atomic E-state index is 0.177. The molecule has 0 aromatic rings. The van der Waals surface area contributed by atoms with Crippen LogP contribution in [0.15, 0.2) is 12.2 Å². The molecule has 0 spiro atoms. The minimum Gasteiger partial charge on any atom is -0.394 e. The summed E-state index contributed by atoms with van der Waals surface area (Å²) in [6, 6.07) is 0. The lowest BCUT2D eigenvalue weighted by Gasteiger charge is -2.50. The second-order valence-electron chi connectivity index (χ2n) is 27.0. The smallest absolute Gasteiger partial charge is 0.394 e. The molecule has 0 saturated carbocycles. The number of allylic oxidation sites excluding steroid dienone is 1. The Morgan fingerprint density at radius 1 is 0.225 bits per heavy atom. The van der Waals surface area contributed by atoms with Crippen molar-refractivity contribution < 1.29 is 255 Å². The highest BCUT2D eigenvalue weighted by Crippen LogP contribution is 2.61. The predicted molar refractivity (Wildman–Crippen MR) is 309 cm³/mol. The van der Waals surface area contributed by atoms with Crippen LogP contribution < -0.4 is 0 Å². The molecule has 0 radical (unpaired) electrons. The number of alkyl halides is 13. The molecule has 0 unspecified atom stereocenters. The van der Waals surface area contributed by atoms with Gasteiger partial charge in [0.2, 0.25) is 0 Å². The highest BCUT2D eigenvalue weighted by molar-refractivity contribution is 5.12. The first-order chi connectivity index (χ1) is 51.8. The normalized spacial score (nSPS) is 47.4. The summed E-state index contributed by atoms with van der Waals surface area (Å²) >= 11 is 0. The van der Waals surface area contributed by atoms with Crippen LogP contribution in [0.25, 0.3) is 0 Å². The number of hydrogen-bond donors (Lipinski definition) is 23. The van der Waals surface area contributed by atoms with E-state index in [9.17, 15) is 175 Å². The lowest BCUT2D eigenvalue weighted by molar-refractivity contribution is -0.439. The third kappa shape index (κ3) is 17.8. The molecule has 16 bridgehead atoms. The Labute approximate surface area is 613 Å². The van der Waals surface area contributed by atoms with E-state index in [4.69, 9.17) is 80.5 Å². The van der Waals surface area contributed by atoms with Crippen LogP contribution in [-0.4, -0.2) is 458 Å². The third-order valence-corrected chi connectivity index (χ3v) is 19.8. The molecular formula is C58H85F13O40. The molecule has 30 fully saturated rings. The average molecular weight is 1670 g/mol. The molecular weight excluding hydrogens is 1580 g/mol. The van der Waals surface area contributed by atoms with Crippen molar-refractivity contribution in [2.24, 2.45) is 0 Å². The monoisotopic (exact) mass is 1670 g/mol. The van der Waals surface area contributed by atoms with Crippen LogP contribution in [-0.2, 0) is 80.5 Å². The quantitative estimate of drug-likeness (QED) is 0.0365. The van der Waals surface area contributed by atoms with Gasteiger partial charge in [-0.15, -0.1) is 0 Å². The van der Waals surface area contributed by atoms with Crippen molar-refractivity contribution in [1.29, 1.82) is 0 Å². The van der Waals surface area contributed by atoms with Gasteiger partial charge in [-0.1, -0.05) is 12.2 Å². The summed E-state index contributed by atoms with van der Waals surface area (Å²) in [6.07, 6.45) is -101. The molecule has 111 heavy (non-hydrogen) atoms. The molecule has 23 N–H and O–H groups in total. The van der Waals surface area contributed by atoms with Crippen LogP contribution in [0.1, 0.15) is 6.42 Å². The average Bonchev–Trinajstić information content (AvgIpc) is 0.709. The van der Waals surface area contributed by atoms with Gasteiger partial charge in [0.1, 0.15) is 195 Å². The minimum atomic E-state index is -8.22. The number of aliphatic hydroxyl groups excluding tert-OH is 23. The van der Waals surface area contributed by atoms with Crippen molar-refractivity contribution in [3.63, 3.8) is 0 Å². The number of halogens is 13. The first kappa shape index (κ1) is 92.1. The van der Waals surface area contributed by atoms with Crippen LogP contribution in [0.5, 0.6) is 0 Å². The predicted octanol–water partition coefficient (Wildman–Crippen LogP) is -11.7. The molecule has 30 rings (SSSR count). The standard InChI is InChI=1S/C58H85F13O40/c59-53(60,54(61,62)55(63,64)56(65,66)57(67,68)58(69,70)71)3-1-2-4-95-12-20-44-28(86)36(94)52(103-20)110-43-19(11-78)101-50(34(92)26(43)84)108-41-17(9-76)99-48(32(90)24(41)82)106-39-15(7-74)97-46(30(88)22(39)80)104-37-13(5-72)96-45(29(87)21(37)79)105-38-14(6-73)98-47(31(89)23(38)81)107-40-16(8-75)100-49(33(91)25(40)83)109-42-18(10-77)102-51(111-44)35(93)27(42)85/h1-2,13-52,72-94H,3-12H2/b2-1+/t13-,14-,15-,16-,17-,18-,19-,20-,21-,22-,23-,24-,25-,26-,27-,28-,29-,30-,31-,32-,33-,34-,35-,36-,37-,38-,39-,40-,41-,42-,43-,44-,45-,46-,47-,48-,49-,50-,51-,52-/m1/s1. The Balaban J connectivity index is 0.993. The van der Waals surface area contributed by atoms with Gasteiger partial charge in [-0.05, 0) is 0 Å². The van der Waals surface area contributed by atoms with Crippen LogP contribution in [0.4, 0.5) is 57.1 Å². The largest absolute Gasteiger partial charge is 0.460 e.